The molecule has 0 amide bonds. The maximum absolute atomic E-state index is 11.1. The number of carbonyl (C=O) groups is 3. The Kier molecular flexibility index (Phi) is 4.13. The summed E-state index contributed by atoms with van der Waals surface area (Å²) in [5.74, 6) is 0. The van der Waals surface area contributed by atoms with Crippen molar-refractivity contribution in [3.63, 3.8) is 0 Å². The molecule has 0 saturated carbocycles. The zero-order valence-electron chi connectivity index (χ0n) is 10.6. The smallest absolute Gasteiger partial charge is 0.438 e. The summed E-state index contributed by atoms with van der Waals surface area (Å²) in [6.07, 6.45) is -6.72. The Morgan fingerprint density at radius 1 is 1.10 bits per heavy atom. The second-order valence-corrected chi connectivity index (χ2v) is 3.79. The van der Waals surface area contributed by atoms with Crippen molar-refractivity contribution in [2.45, 2.75) is 24.6 Å². The number of rotatable bonds is 3. The minimum Gasteiger partial charge on any atom is -0.438 e. The highest BCUT2D eigenvalue weighted by Crippen LogP contribution is 2.33. The molecule has 2 saturated heterocycles. The highest BCUT2D eigenvalue weighted by molar-refractivity contribution is 5.64. The number of methoxy groups -OCH3 is 2. The molecule has 2 heterocycles. The van der Waals surface area contributed by atoms with Crippen molar-refractivity contribution in [3.05, 3.63) is 0 Å². The van der Waals surface area contributed by atoms with Crippen LogP contribution < -0.4 is 0 Å². The van der Waals surface area contributed by atoms with Crippen molar-refractivity contribution in [1.29, 1.82) is 0 Å². The van der Waals surface area contributed by atoms with Gasteiger partial charge in [0.1, 0.15) is 12.7 Å². The van der Waals surface area contributed by atoms with Gasteiger partial charge in [0, 0.05) is 0 Å². The van der Waals surface area contributed by atoms with E-state index >= 15 is 0 Å². The standard InChI is InChI=1S/C10H12O10/c1-14-8(11)16-3-4-5-6(19-10(13)18-5)7(17-4)20-9(12)15-2/h4-7H,3H2,1-2H3/t4-,5+,6+,7+/m1/s1. The zero-order valence-corrected chi connectivity index (χ0v) is 10.6. The van der Waals surface area contributed by atoms with Crippen LogP contribution in [0.15, 0.2) is 0 Å². The van der Waals surface area contributed by atoms with Crippen LogP contribution in [0.1, 0.15) is 0 Å². The van der Waals surface area contributed by atoms with E-state index in [1.165, 1.54) is 0 Å². The van der Waals surface area contributed by atoms with E-state index in [0.29, 0.717) is 0 Å². The zero-order chi connectivity index (χ0) is 14.7. The molecule has 0 bridgehead atoms. The molecule has 2 aliphatic rings. The number of ether oxygens (including phenoxy) is 7. The third kappa shape index (κ3) is 2.85. The van der Waals surface area contributed by atoms with Gasteiger partial charge in [-0.05, 0) is 0 Å². The van der Waals surface area contributed by atoms with Crippen molar-refractivity contribution in [2.24, 2.45) is 0 Å². The van der Waals surface area contributed by atoms with E-state index in [-0.39, 0.29) is 6.61 Å². The summed E-state index contributed by atoms with van der Waals surface area (Å²) < 4.78 is 33.0. The van der Waals surface area contributed by atoms with Crippen LogP contribution in [0.2, 0.25) is 0 Å². The molecule has 112 valence electrons. The van der Waals surface area contributed by atoms with E-state index in [1.54, 1.807) is 0 Å². The Bertz CT molecular complexity index is 407. The minimum atomic E-state index is -1.20. The van der Waals surface area contributed by atoms with Crippen LogP contribution in [0, 0.1) is 0 Å². The van der Waals surface area contributed by atoms with Gasteiger partial charge in [0.05, 0.1) is 14.2 Å². The number of hydrogen-bond donors (Lipinski definition) is 0. The van der Waals surface area contributed by atoms with Gasteiger partial charge < -0.3 is 33.2 Å². The third-order valence-corrected chi connectivity index (χ3v) is 2.64. The van der Waals surface area contributed by atoms with Crippen LogP contribution in [0.25, 0.3) is 0 Å². The first-order chi connectivity index (χ1) is 9.55. The summed E-state index contributed by atoms with van der Waals surface area (Å²) in [6.45, 7) is -0.258. The molecule has 2 fully saturated rings. The van der Waals surface area contributed by atoms with Crippen molar-refractivity contribution < 1.29 is 47.5 Å². The number of carbonyl (C=O) groups excluding carboxylic acids is 3. The van der Waals surface area contributed by atoms with Gasteiger partial charge in [-0.3, -0.25) is 0 Å². The van der Waals surface area contributed by atoms with E-state index in [1.807, 2.05) is 0 Å². The van der Waals surface area contributed by atoms with Gasteiger partial charge in [-0.1, -0.05) is 0 Å². The van der Waals surface area contributed by atoms with Gasteiger partial charge in [-0.25, -0.2) is 14.4 Å². The third-order valence-electron chi connectivity index (χ3n) is 2.64. The van der Waals surface area contributed by atoms with Crippen LogP contribution >= 0.6 is 0 Å². The molecule has 0 aromatic rings. The van der Waals surface area contributed by atoms with Crippen molar-refractivity contribution in [1.82, 2.24) is 0 Å². The molecular formula is C10H12O10. The monoisotopic (exact) mass is 292 g/mol. The van der Waals surface area contributed by atoms with E-state index in [0.717, 1.165) is 14.2 Å². The van der Waals surface area contributed by atoms with Gasteiger partial charge in [0.25, 0.3) is 0 Å². The Morgan fingerprint density at radius 2 is 1.75 bits per heavy atom. The molecule has 0 radical (unpaired) electrons. The molecule has 0 aliphatic carbocycles. The van der Waals surface area contributed by atoms with Gasteiger partial charge in [0.2, 0.25) is 12.4 Å². The van der Waals surface area contributed by atoms with Gasteiger partial charge in [-0.15, -0.1) is 0 Å². The Balaban J connectivity index is 1.98. The van der Waals surface area contributed by atoms with Crippen LogP contribution in [0.5, 0.6) is 0 Å². The van der Waals surface area contributed by atoms with Crippen molar-refractivity contribution >= 4 is 18.5 Å². The summed E-state index contributed by atoms with van der Waals surface area (Å²) in [7, 11) is 2.26. The normalized spacial score (nSPS) is 30.8. The maximum Gasteiger partial charge on any atom is 0.510 e. The summed E-state index contributed by atoms with van der Waals surface area (Å²) >= 11 is 0. The second kappa shape index (κ2) is 5.82. The first-order valence-corrected chi connectivity index (χ1v) is 5.53. The minimum absolute atomic E-state index is 0.258. The molecule has 10 heteroatoms. The van der Waals surface area contributed by atoms with Crippen LogP contribution in [-0.2, 0) is 33.2 Å². The molecule has 2 aliphatic heterocycles. The first-order valence-electron chi connectivity index (χ1n) is 5.53. The lowest BCUT2D eigenvalue weighted by atomic mass is 10.1. The largest absolute Gasteiger partial charge is 0.510 e. The Hall–Kier alpha value is -2.23. The second-order valence-electron chi connectivity index (χ2n) is 3.79. The fraction of sp³-hybridized carbons (Fsp3) is 0.700. The quantitative estimate of drug-likeness (QED) is 0.526. The summed E-state index contributed by atoms with van der Waals surface area (Å²) in [4.78, 5) is 33.0. The van der Waals surface area contributed by atoms with E-state index in [9.17, 15) is 14.4 Å². The molecule has 10 nitrogen and oxygen atoms in total. The molecule has 0 N–H and O–H groups in total. The summed E-state index contributed by atoms with van der Waals surface area (Å²) in [5, 5.41) is 0. The predicted octanol–water partition coefficient (Wildman–Crippen LogP) is 0.181. The van der Waals surface area contributed by atoms with Crippen LogP contribution in [0.3, 0.4) is 0 Å². The van der Waals surface area contributed by atoms with Crippen molar-refractivity contribution in [2.75, 3.05) is 20.8 Å². The SMILES string of the molecule is COC(=O)OC[C@H]1O[C@@H](OC(=O)OC)[C@H]2OC(=O)O[C@H]21. The number of fused-ring (bicyclic) bond motifs is 1. The lowest BCUT2D eigenvalue weighted by Gasteiger charge is -2.15. The highest BCUT2D eigenvalue weighted by atomic mass is 16.8. The highest BCUT2D eigenvalue weighted by Gasteiger charge is 2.56. The van der Waals surface area contributed by atoms with Gasteiger partial charge >= 0.3 is 18.5 Å². The topological polar surface area (TPSA) is 116 Å². The lowest BCUT2D eigenvalue weighted by Crippen LogP contribution is -2.33. The lowest BCUT2D eigenvalue weighted by molar-refractivity contribution is -0.153. The molecule has 2 rings (SSSR count). The fourth-order valence-electron chi connectivity index (χ4n) is 1.79. The average Bonchev–Trinajstić information content (AvgIpc) is 2.95. The molecule has 0 aromatic heterocycles. The van der Waals surface area contributed by atoms with E-state index in [2.05, 4.69) is 9.47 Å². The number of hydrogen-bond acceptors (Lipinski definition) is 10. The van der Waals surface area contributed by atoms with Crippen molar-refractivity contribution in [3.8, 4) is 0 Å². The van der Waals surface area contributed by atoms with Crippen LogP contribution in [-0.4, -0.2) is 63.9 Å². The molecule has 0 spiro atoms. The molecule has 20 heavy (non-hydrogen) atoms. The van der Waals surface area contributed by atoms with E-state index in [4.69, 9.17) is 23.7 Å². The van der Waals surface area contributed by atoms with Gasteiger partial charge in [-0.2, -0.15) is 0 Å². The Morgan fingerprint density at radius 3 is 2.40 bits per heavy atom. The average molecular weight is 292 g/mol. The molecular weight excluding hydrogens is 280 g/mol. The Labute approximate surface area is 112 Å². The summed E-state index contributed by atoms with van der Waals surface area (Å²) in [5.41, 5.74) is 0. The van der Waals surface area contributed by atoms with E-state index < -0.39 is 43.1 Å². The maximum atomic E-state index is 11.1. The fourth-order valence-corrected chi connectivity index (χ4v) is 1.79. The molecule has 0 unspecified atom stereocenters. The predicted molar refractivity (Wildman–Crippen MR) is 55.7 cm³/mol. The first kappa shape index (κ1) is 14.2. The van der Waals surface area contributed by atoms with Crippen LogP contribution in [0.4, 0.5) is 14.4 Å². The molecule has 4 atom stereocenters. The van der Waals surface area contributed by atoms with Gasteiger partial charge in [0.15, 0.2) is 6.10 Å². The molecule has 0 aromatic carbocycles. The summed E-state index contributed by atoms with van der Waals surface area (Å²) in [6, 6.07) is 0.